The highest BCUT2D eigenvalue weighted by Gasteiger charge is 2.03. The molecule has 4 heteroatoms. The molecule has 1 heterocycles. The van der Waals surface area contributed by atoms with Crippen LogP contribution in [-0.4, -0.2) is 38.0 Å². The van der Waals surface area contributed by atoms with Crippen molar-refractivity contribution in [2.75, 3.05) is 27.2 Å². The topological polar surface area (TPSA) is 39.7 Å². The van der Waals surface area contributed by atoms with Crippen molar-refractivity contribution in [2.45, 2.75) is 19.5 Å². The van der Waals surface area contributed by atoms with E-state index in [2.05, 4.69) is 58.9 Å². The van der Waals surface area contributed by atoms with Gasteiger partial charge in [-0.2, -0.15) is 0 Å². The van der Waals surface area contributed by atoms with Crippen LogP contribution in [0.2, 0.25) is 0 Å². The fourth-order valence-corrected chi connectivity index (χ4v) is 1.96. The largest absolute Gasteiger partial charge is 0.356 e. The number of rotatable bonds is 4. The Labute approximate surface area is 109 Å². The minimum atomic E-state index is 0.827. The van der Waals surface area contributed by atoms with Crippen LogP contribution in [-0.2, 0) is 13.1 Å². The van der Waals surface area contributed by atoms with Crippen molar-refractivity contribution in [3.63, 3.8) is 0 Å². The third-order valence-electron chi connectivity index (χ3n) is 2.88. The van der Waals surface area contributed by atoms with E-state index in [-0.39, 0.29) is 0 Å². The van der Waals surface area contributed by atoms with E-state index in [0.29, 0.717) is 0 Å². The Balaban J connectivity index is 1.84. The number of nitrogens with zero attached hydrogens (tertiary/aromatic N) is 2. The van der Waals surface area contributed by atoms with Gasteiger partial charge in [0, 0.05) is 26.2 Å². The van der Waals surface area contributed by atoms with E-state index < -0.39 is 0 Å². The van der Waals surface area contributed by atoms with Gasteiger partial charge in [0.15, 0.2) is 5.96 Å². The summed E-state index contributed by atoms with van der Waals surface area (Å²) in [6.07, 6.45) is 1.13. The fourth-order valence-electron chi connectivity index (χ4n) is 1.96. The first kappa shape index (κ1) is 12.9. The molecule has 1 aromatic carbocycles. The van der Waals surface area contributed by atoms with Gasteiger partial charge in [0.05, 0.1) is 0 Å². The van der Waals surface area contributed by atoms with E-state index in [0.717, 1.165) is 38.6 Å². The van der Waals surface area contributed by atoms with Gasteiger partial charge in [0.25, 0.3) is 0 Å². The van der Waals surface area contributed by atoms with Gasteiger partial charge in [-0.05, 0) is 31.6 Å². The molecule has 0 aromatic heterocycles. The van der Waals surface area contributed by atoms with Crippen molar-refractivity contribution < 1.29 is 0 Å². The van der Waals surface area contributed by atoms with Crippen molar-refractivity contribution in [3.05, 3.63) is 35.4 Å². The maximum absolute atomic E-state index is 4.39. The van der Waals surface area contributed by atoms with Crippen LogP contribution < -0.4 is 10.6 Å². The van der Waals surface area contributed by atoms with Gasteiger partial charge >= 0.3 is 0 Å². The molecule has 0 bridgehead atoms. The highest BCUT2D eigenvalue weighted by atomic mass is 15.2. The van der Waals surface area contributed by atoms with E-state index in [9.17, 15) is 0 Å². The quantitative estimate of drug-likeness (QED) is 0.838. The van der Waals surface area contributed by atoms with Crippen LogP contribution in [0.1, 0.15) is 17.5 Å². The smallest absolute Gasteiger partial charge is 0.191 e. The van der Waals surface area contributed by atoms with Gasteiger partial charge < -0.3 is 15.5 Å². The molecule has 98 valence electrons. The SMILES string of the molecule is CN(C)Cc1ccc(CNC2=NCCCN2)cc1. The second-order valence-electron chi connectivity index (χ2n) is 4.92. The fraction of sp³-hybridized carbons (Fsp3) is 0.500. The van der Waals surface area contributed by atoms with Crippen LogP contribution in [0, 0.1) is 0 Å². The predicted octanol–water partition coefficient (Wildman–Crippen LogP) is 1.19. The van der Waals surface area contributed by atoms with Crippen LogP contribution in [0.5, 0.6) is 0 Å². The Bertz CT molecular complexity index is 395. The summed E-state index contributed by atoms with van der Waals surface area (Å²) in [4.78, 5) is 6.56. The van der Waals surface area contributed by atoms with Gasteiger partial charge in [-0.15, -0.1) is 0 Å². The summed E-state index contributed by atoms with van der Waals surface area (Å²) in [7, 11) is 4.17. The van der Waals surface area contributed by atoms with Gasteiger partial charge in [0.2, 0.25) is 0 Å². The van der Waals surface area contributed by atoms with Crippen LogP contribution in [0.15, 0.2) is 29.3 Å². The zero-order valence-corrected chi connectivity index (χ0v) is 11.2. The number of hydrogen-bond acceptors (Lipinski definition) is 4. The standard InChI is InChI=1S/C14H22N4/c1-18(2)11-13-6-4-12(5-7-13)10-17-14-15-8-3-9-16-14/h4-7H,3,8-11H2,1-2H3,(H2,15,16,17). The molecule has 0 saturated heterocycles. The molecule has 0 radical (unpaired) electrons. The molecule has 18 heavy (non-hydrogen) atoms. The monoisotopic (exact) mass is 246 g/mol. The van der Waals surface area contributed by atoms with Gasteiger partial charge in [0.1, 0.15) is 0 Å². The third-order valence-corrected chi connectivity index (χ3v) is 2.88. The summed E-state index contributed by atoms with van der Waals surface area (Å²) in [6.45, 7) is 3.76. The molecule has 0 unspecified atom stereocenters. The van der Waals surface area contributed by atoms with Crippen LogP contribution >= 0.6 is 0 Å². The number of aliphatic imine (C=N–C) groups is 1. The lowest BCUT2D eigenvalue weighted by Crippen LogP contribution is -2.40. The molecule has 2 N–H and O–H groups in total. The van der Waals surface area contributed by atoms with Crippen molar-refractivity contribution in [3.8, 4) is 0 Å². The van der Waals surface area contributed by atoms with E-state index in [1.54, 1.807) is 0 Å². The predicted molar refractivity (Wildman–Crippen MR) is 75.6 cm³/mol. The van der Waals surface area contributed by atoms with E-state index in [1.807, 2.05) is 0 Å². The van der Waals surface area contributed by atoms with Crippen LogP contribution in [0.25, 0.3) is 0 Å². The summed E-state index contributed by atoms with van der Waals surface area (Å²) in [5, 5.41) is 6.59. The summed E-state index contributed by atoms with van der Waals surface area (Å²) in [6, 6.07) is 8.73. The average molecular weight is 246 g/mol. The van der Waals surface area contributed by atoms with Gasteiger partial charge in [-0.1, -0.05) is 24.3 Å². The Morgan fingerprint density at radius 3 is 2.56 bits per heavy atom. The maximum atomic E-state index is 4.39. The molecule has 2 rings (SSSR count). The van der Waals surface area contributed by atoms with Crippen molar-refractivity contribution >= 4 is 5.96 Å². The highest BCUT2D eigenvalue weighted by molar-refractivity contribution is 5.80. The summed E-state index contributed by atoms with van der Waals surface area (Å²) < 4.78 is 0. The second kappa shape index (κ2) is 6.40. The van der Waals surface area contributed by atoms with Crippen molar-refractivity contribution in [1.29, 1.82) is 0 Å². The first-order chi connectivity index (χ1) is 8.74. The van der Waals surface area contributed by atoms with E-state index in [1.165, 1.54) is 11.1 Å². The normalized spacial score (nSPS) is 15.2. The second-order valence-corrected chi connectivity index (χ2v) is 4.92. The summed E-state index contributed by atoms with van der Waals surface area (Å²) in [5.41, 5.74) is 2.63. The lowest BCUT2D eigenvalue weighted by atomic mass is 10.1. The number of benzene rings is 1. The van der Waals surface area contributed by atoms with Crippen LogP contribution in [0.4, 0.5) is 0 Å². The van der Waals surface area contributed by atoms with Crippen molar-refractivity contribution in [1.82, 2.24) is 15.5 Å². The lowest BCUT2D eigenvalue weighted by Gasteiger charge is -2.16. The van der Waals surface area contributed by atoms with Gasteiger partial charge in [-0.3, -0.25) is 4.99 Å². The Hall–Kier alpha value is -1.55. The molecule has 1 aliphatic heterocycles. The molecule has 0 atom stereocenters. The Morgan fingerprint density at radius 2 is 1.94 bits per heavy atom. The third kappa shape index (κ3) is 4.04. The minimum absolute atomic E-state index is 0.827. The molecule has 0 amide bonds. The number of guanidine groups is 1. The number of hydrogen-bond donors (Lipinski definition) is 2. The molecular formula is C14H22N4. The lowest BCUT2D eigenvalue weighted by molar-refractivity contribution is 0.402. The van der Waals surface area contributed by atoms with Gasteiger partial charge in [-0.25, -0.2) is 0 Å². The Kier molecular flexibility index (Phi) is 4.59. The zero-order valence-electron chi connectivity index (χ0n) is 11.2. The first-order valence-electron chi connectivity index (χ1n) is 6.49. The molecule has 1 aliphatic rings. The highest BCUT2D eigenvalue weighted by Crippen LogP contribution is 2.06. The summed E-state index contributed by atoms with van der Waals surface area (Å²) >= 11 is 0. The Morgan fingerprint density at radius 1 is 1.22 bits per heavy atom. The van der Waals surface area contributed by atoms with E-state index in [4.69, 9.17) is 0 Å². The average Bonchev–Trinajstić information content (AvgIpc) is 2.38. The molecular weight excluding hydrogens is 224 g/mol. The maximum Gasteiger partial charge on any atom is 0.191 e. The molecule has 1 aromatic rings. The first-order valence-corrected chi connectivity index (χ1v) is 6.49. The number of nitrogens with one attached hydrogen (secondary N) is 2. The van der Waals surface area contributed by atoms with E-state index >= 15 is 0 Å². The molecule has 0 fully saturated rings. The van der Waals surface area contributed by atoms with Crippen LogP contribution in [0.3, 0.4) is 0 Å². The molecule has 4 nitrogen and oxygen atoms in total. The van der Waals surface area contributed by atoms with Crippen molar-refractivity contribution in [2.24, 2.45) is 4.99 Å². The molecule has 0 aliphatic carbocycles. The minimum Gasteiger partial charge on any atom is -0.356 e. The zero-order chi connectivity index (χ0) is 12.8. The molecule has 0 saturated carbocycles. The molecule has 0 spiro atoms. The summed E-state index contributed by atoms with van der Waals surface area (Å²) in [5.74, 6) is 0.929.